The second-order valence-corrected chi connectivity index (χ2v) is 5.55. The molecule has 0 aliphatic carbocycles. The van der Waals surface area contributed by atoms with E-state index in [2.05, 4.69) is 5.32 Å². The molecule has 0 fully saturated rings. The Morgan fingerprint density at radius 1 is 1.10 bits per heavy atom. The number of hydrogen-bond acceptors (Lipinski definition) is 3. The first-order valence-corrected chi connectivity index (χ1v) is 7.85. The number of nitrogens with one attached hydrogen (secondary N) is 1. The minimum absolute atomic E-state index is 0.217. The Hall–Kier alpha value is -2.20. The van der Waals surface area contributed by atoms with Gasteiger partial charge >= 0.3 is 0 Å². The standard InChI is InChI=1S/C17H15NO2S/c1-11-12-7-3-5-9-14(12)20-16(11)17(19)18-13-8-4-6-10-15(13)21-2/h3-10H,1-2H3,(H,18,19). The molecule has 0 saturated heterocycles. The van der Waals surface area contributed by atoms with E-state index in [1.165, 1.54) is 0 Å². The molecule has 0 atom stereocenters. The highest BCUT2D eigenvalue weighted by Crippen LogP contribution is 2.28. The van der Waals surface area contributed by atoms with E-state index in [0.717, 1.165) is 27.1 Å². The Morgan fingerprint density at radius 3 is 2.57 bits per heavy atom. The molecular formula is C17H15NO2S. The normalized spacial score (nSPS) is 10.8. The molecule has 1 amide bonds. The van der Waals surface area contributed by atoms with Crippen LogP contribution in [0.25, 0.3) is 11.0 Å². The minimum atomic E-state index is -0.217. The van der Waals surface area contributed by atoms with Gasteiger partial charge in [-0.25, -0.2) is 0 Å². The largest absolute Gasteiger partial charge is 0.451 e. The van der Waals surface area contributed by atoms with E-state index < -0.39 is 0 Å². The molecule has 0 radical (unpaired) electrons. The van der Waals surface area contributed by atoms with E-state index >= 15 is 0 Å². The fraction of sp³-hybridized carbons (Fsp3) is 0.118. The molecule has 106 valence electrons. The van der Waals surface area contributed by atoms with E-state index in [4.69, 9.17) is 4.42 Å². The van der Waals surface area contributed by atoms with Crippen molar-refractivity contribution in [2.45, 2.75) is 11.8 Å². The van der Waals surface area contributed by atoms with E-state index in [1.807, 2.05) is 61.7 Å². The number of hydrogen-bond donors (Lipinski definition) is 1. The molecule has 3 aromatic rings. The monoisotopic (exact) mass is 297 g/mol. The number of fused-ring (bicyclic) bond motifs is 1. The van der Waals surface area contributed by atoms with E-state index in [9.17, 15) is 4.79 Å². The second kappa shape index (κ2) is 5.66. The van der Waals surface area contributed by atoms with Crippen LogP contribution >= 0.6 is 11.8 Å². The van der Waals surface area contributed by atoms with Crippen LogP contribution in [-0.4, -0.2) is 12.2 Å². The summed E-state index contributed by atoms with van der Waals surface area (Å²) in [5, 5.41) is 3.90. The van der Waals surface area contributed by atoms with Gasteiger partial charge in [-0.1, -0.05) is 30.3 Å². The summed E-state index contributed by atoms with van der Waals surface area (Å²) in [5.41, 5.74) is 2.40. The molecule has 3 rings (SSSR count). The number of anilines is 1. The maximum Gasteiger partial charge on any atom is 0.291 e. The third-order valence-corrected chi connectivity index (χ3v) is 4.20. The van der Waals surface area contributed by atoms with Crippen LogP contribution in [0.1, 0.15) is 16.1 Å². The fourth-order valence-electron chi connectivity index (χ4n) is 2.32. The van der Waals surface area contributed by atoms with Gasteiger partial charge in [0.15, 0.2) is 5.76 Å². The number of carbonyl (C=O) groups is 1. The van der Waals surface area contributed by atoms with E-state index in [1.54, 1.807) is 11.8 Å². The first kappa shape index (κ1) is 13.8. The lowest BCUT2D eigenvalue weighted by Crippen LogP contribution is -2.12. The van der Waals surface area contributed by atoms with Gasteiger partial charge in [-0.05, 0) is 31.4 Å². The Labute approximate surface area is 127 Å². The highest BCUT2D eigenvalue weighted by Gasteiger charge is 2.18. The summed E-state index contributed by atoms with van der Waals surface area (Å²) in [7, 11) is 0. The third-order valence-electron chi connectivity index (χ3n) is 3.41. The molecule has 0 unspecified atom stereocenters. The molecule has 0 saturated carbocycles. The molecule has 21 heavy (non-hydrogen) atoms. The quantitative estimate of drug-likeness (QED) is 0.711. The molecule has 0 spiro atoms. The number of rotatable bonds is 3. The summed E-state index contributed by atoms with van der Waals surface area (Å²) in [6, 6.07) is 15.4. The smallest absolute Gasteiger partial charge is 0.291 e. The van der Waals surface area contributed by atoms with E-state index in [-0.39, 0.29) is 5.91 Å². The molecule has 1 aromatic heterocycles. The Morgan fingerprint density at radius 2 is 1.81 bits per heavy atom. The van der Waals surface area contributed by atoms with Gasteiger partial charge in [0.1, 0.15) is 5.58 Å². The van der Waals surface area contributed by atoms with Crippen molar-refractivity contribution in [2.24, 2.45) is 0 Å². The van der Waals surface area contributed by atoms with Gasteiger partial charge in [0.05, 0.1) is 5.69 Å². The number of benzene rings is 2. The SMILES string of the molecule is CSc1ccccc1NC(=O)c1oc2ccccc2c1C. The van der Waals surface area contributed by atoms with E-state index in [0.29, 0.717) is 5.76 Å². The predicted octanol–water partition coefficient (Wildman–Crippen LogP) is 4.72. The predicted molar refractivity (Wildman–Crippen MR) is 87.1 cm³/mol. The van der Waals surface area contributed by atoms with Crippen molar-refractivity contribution in [1.82, 2.24) is 0 Å². The first-order chi connectivity index (χ1) is 10.2. The Bertz CT molecular complexity index is 807. The van der Waals surface area contributed by atoms with Crippen LogP contribution in [0.2, 0.25) is 0 Å². The topological polar surface area (TPSA) is 42.2 Å². The maximum absolute atomic E-state index is 12.5. The summed E-state index contributed by atoms with van der Waals surface area (Å²) in [6.45, 7) is 1.90. The zero-order valence-electron chi connectivity index (χ0n) is 11.8. The van der Waals surface area contributed by atoms with Crippen molar-refractivity contribution in [3.8, 4) is 0 Å². The average molecular weight is 297 g/mol. The second-order valence-electron chi connectivity index (χ2n) is 4.71. The molecule has 0 aliphatic heterocycles. The van der Waals surface area contributed by atoms with Gasteiger partial charge in [-0.2, -0.15) is 0 Å². The molecule has 2 aromatic carbocycles. The zero-order chi connectivity index (χ0) is 14.8. The van der Waals surface area contributed by atoms with Crippen molar-refractivity contribution in [3.05, 3.63) is 59.9 Å². The number of thioether (sulfide) groups is 1. The number of aryl methyl sites for hydroxylation is 1. The van der Waals surface area contributed by atoms with Gasteiger partial charge in [-0.3, -0.25) is 4.79 Å². The Kier molecular flexibility index (Phi) is 3.71. The molecule has 1 heterocycles. The van der Waals surface area contributed by atoms with Crippen LogP contribution in [0.3, 0.4) is 0 Å². The molecule has 1 N–H and O–H groups in total. The maximum atomic E-state index is 12.5. The van der Waals surface area contributed by atoms with Crippen LogP contribution in [0.5, 0.6) is 0 Å². The summed E-state index contributed by atoms with van der Waals surface area (Å²) in [5.74, 6) is 0.150. The first-order valence-electron chi connectivity index (χ1n) is 6.63. The lowest BCUT2D eigenvalue weighted by atomic mass is 10.1. The van der Waals surface area contributed by atoms with Crippen LogP contribution in [-0.2, 0) is 0 Å². The molecule has 3 nitrogen and oxygen atoms in total. The van der Waals surface area contributed by atoms with Crippen molar-refractivity contribution < 1.29 is 9.21 Å². The minimum Gasteiger partial charge on any atom is -0.451 e. The van der Waals surface area contributed by atoms with Gasteiger partial charge in [0, 0.05) is 15.8 Å². The molecule has 0 bridgehead atoms. The van der Waals surface area contributed by atoms with Crippen LogP contribution < -0.4 is 5.32 Å². The van der Waals surface area contributed by atoms with Crippen LogP contribution in [0.15, 0.2) is 57.8 Å². The number of amides is 1. The lowest BCUT2D eigenvalue weighted by Gasteiger charge is -2.08. The molecular weight excluding hydrogens is 282 g/mol. The van der Waals surface area contributed by atoms with Gasteiger partial charge in [0.25, 0.3) is 5.91 Å². The van der Waals surface area contributed by atoms with Crippen molar-refractivity contribution in [1.29, 1.82) is 0 Å². The summed E-state index contributed by atoms with van der Waals surface area (Å²) in [4.78, 5) is 13.5. The highest BCUT2D eigenvalue weighted by atomic mass is 32.2. The zero-order valence-corrected chi connectivity index (χ0v) is 12.7. The highest BCUT2D eigenvalue weighted by molar-refractivity contribution is 7.98. The summed E-state index contributed by atoms with van der Waals surface area (Å²) < 4.78 is 5.69. The van der Waals surface area contributed by atoms with Crippen molar-refractivity contribution in [3.63, 3.8) is 0 Å². The van der Waals surface area contributed by atoms with Crippen molar-refractivity contribution in [2.75, 3.05) is 11.6 Å². The third kappa shape index (κ3) is 2.54. The van der Waals surface area contributed by atoms with Crippen LogP contribution in [0, 0.1) is 6.92 Å². The van der Waals surface area contributed by atoms with Crippen LogP contribution in [0.4, 0.5) is 5.69 Å². The number of para-hydroxylation sites is 2. The average Bonchev–Trinajstić information content (AvgIpc) is 2.85. The fourth-order valence-corrected chi connectivity index (χ4v) is 2.87. The lowest BCUT2D eigenvalue weighted by molar-refractivity contribution is 0.0997. The van der Waals surface area contributed by atoms with Gasteiger partial charge in [0.2, 0.25) is 0 Å². The number of furan rings is 1. The number of carbonyl (C=O) groups excluding carboxylic acids is 1. The summed E-state index contributed by atoms with van der Waals surface area (Å²) >= 11 is 1.60. The van der Waals surface area contributed by atoms with Gasteiger partial charge in [-0.15, -0.1) is 11.8 Å². The Balaban J connectivity index is 1.96. The van der Waals surface area contributed by atoms with Crippen molar-refractivity contribution >= 4 is 34.3 Å². The molecule has 0 aliphatic rings. The summed E-state index contributed by atoms with van der Waals surface area (Å²) in [6.07, 6.45) is 1.98. The van der Waals surface area contributed by atoms with Gasteiger partial charge < -0.3 is 9.73 Å². The molecule has 4 heteroatoms.